The molecule has 12 heavy (non-hydrogen) atoms. The predicted octanol–water partition coefficient (Wildman–Crippen LogP) is -1.67. The number of hydrogen-bond acceptors (Lipinski definition) is 6. The smallest absolute Gasteiger partial charge is 0.155 e. The Balaban J connectivity index is 2.21. The van der Waals surface area contributed by atoms with Gasteiger partial charge in [0, 0.05) is 6.42 Å². The third-order valence-electron chi connectivity index (χ3n) is 1.50. The average Bonchev–Trinajstić information content (AvgIpc) is 2.30. The Hall–Kier alpha value is 0.0300. The first-order chi connectivity index (χ1) is 5.47. The molecule has 6 nitrogen and oxygen atoms in total. The minimum atomic E-state index is -4.90. The number of phosphoric acid groups is 1. The van der Waals surface area contributed by atoms with Gasteiger partial charge >= 0.3 is 0 Å². The molecule has 2 atom stereocenters. The van der Waals surface area contributed by atoms with E-state index in [4.69, 9.17) is 9.84 Å². The van der Waals surface area contributed by atoms with E-state index in [1.54, 1.807) is 0 Å². The molecule has 1 heterocycles. The Kier molecular flexibility index (Phi) is 3.22. The van der Waals surface area contributed by atoms with Crippen LogP contribution < -0.4 is 9.79 Å². The number of rotatable bonds is 3. The van der Waals surface area contributed by atoms with E-state index in [9.17, 15) is 14.4 Å². The first-order valence-corrected chi connectivity index (χ1v) is 4.93. The second-order valence-corrected chi connectivity index (χ2v) is 3.69. The van der Waals surface area contributed by atoms with Crippen molar-refractivity contribution in [2.24, 2.45) is 0 Å². The monoisotopic (exact) mass is 196 g/mol. The van der Waals surface area contributed by atoms with Gasteiger partial charge in [0.05, 0.1) is 20.5 Å². The summed E-state index contributed by atoms with van der Waals surface area (Å²) < 4.78 is 18.8. The van der Waals surface area contributed by atoms with E-state index in [-0.39, 0.29) is 6.61 Å². The van der Waals surface area contributed by atoms with Gasteiger partial charge in [-0.05, 0) is 6.42 Å². The molecule has 0 radical (unpaired) electrons. The maximum atomic E-state index is 10.0. The topological polar surface area (TPSA) is 102 Å². The van der Waals surface area contributed by atoms with Gasteiger partial charge < -0.3 is 28.7 Å². The second kappa shape index (κ2) is 3.83. The summed E-state index contributed by atoms with van der Waals surface area (Å²) in [6.07, 6.45) is -0.412. The largest absolute Gasteiger partial charge is 0.790 e. The normalized spacial score (nSPS) is 30.9. The van der Waals surface area contributed by atoms with Crippen LogP contribution in [0.3, 0.4) is 0 Å². The lowest BCUT2D eigenvalue weighted by molar-refractivity contribution is -0.343. The molecule has 7 heteroatoms. The molecule has 1 aliphatic heterocycles. The molecule has 0 bridgehead atoms. The van der Waals surface area contributed by atoms with Crippen molar-refractivity contribution >= 4 is 7.82 Å². The molecule has 0 unspecified atom stereocenters. The van der Waals surface area contributed by atoms with Crippen molar-refractivity contribution in [1.82, 2.24) is 0 Å². The van der Waals surface area contributed by atoms with Crippen LogP contribution in [-0.2, 0) is 13.8 Å². The molecule has 0 aliphatic carbocycles. The van der Waals surface area contributed by atoms with Crippen molar-refractivity contribution in [3.8, 4) is 0 Å². The minimum absolute atomic E-state index is 0.304. The van der Waals surface area contributed by atoms with Gasteiger partial charge in [-0.3, -0.25) is 0 Å². The fourth-order valence-corrected chi connectivity index (χ4v) is 1.33. The zero-order valence-electron chi connectivity index (χ0n) is 6.21. The molecular formula is C5H9O6P-2. The van der Waals surface area contributed by atoms with Crippen molar-refractivity contribution in [2.45, 2.75) is 25.2 Å². The number of ether oxygens (including phenoxy) is 1. The highest BCUT2D eigenvalue weighted by atomic mass is 31.2. The molecule has 0 aromatic carbocycles. The lowest BCUT2D eigenvalue weighted by Crippen LogP contribution is -2.22. The van der Waals surface area contributed by atoms with Gasteiger partial charge in [-0.1, -0.05) is 0 Å². The van der Waals surface area contributed by atoms with Crippen LogP contribution >= 0.6 is 7.82 Å². The Bertz CT molecular complexity index is 188. The molecule has 1 saturated heterocycles. The lowest BCUT2D eigenvalue weighted by atomic mass is 10.2. The Morgan fingerprint density at radius 3 is 2.67 bits per heavy atom. The fraction of sp³-hybridized carbons (Fsp3) is 1.00. The summed E-state index contributed by atoms with van der Waals surface area (Å²) >= 11 is 0. The van der Waals surface area contributed by atoms with E-state index < -0.39 is 20.2 Å². The van der Waals surface area contributed by atoms with Gasteiger partial charge in [0.2, 0.25) is 0 Å². The Labute approximate surface area is 69.4 Å². The number of aliphatic hydroxyl groups excluding tert-OH is 1. The molecule has 1 rings (SSSR count). The average molecular weight is 196 g/mol. The predicted molar refractivity (Wildman–Crippen MR) is 33.7 cm³/mol. The summed E-state index contributed by atoms with van der Waals surface area (Å²) in [6.45, 7) is -0.304. The van der Waals surface area contributed by atoms with Gasteiger partial charge in [-0.15, -0.1) is 0 Å². The van der Waals surface area contributed by atoms with E-state index in [1.807, 2.05) is 0 Å². The highest BCUT2D eigenvalue weighted by molar-refractivity contribution is 7.43. The summed E-state index contributed by atoms with van der Waals surface area (Å²) in [7, 11) is -4.90. The lowest BCUT2D eigenvalue weighted by Gasteiger charge is -2.29. The molecule has 1 aliphatic rings. The standard InChI is InChI=1S/C5H11O6P/c6-5-2-1-4(11-5)3-10-12(7,8)9/h4-6H,1-3H2,(H2,7,8,9)/p-2/t4-,5-/m0/s1. The zero-order valence-corrected chi connectivity index (χ0v) is 7.11. The quantitative estimate of drug-likeness (QED) is 0.541. The van der Waals surface area contributed by atoms with Crippen LogP contribution in [0.25, 0.3) is 0 Å². The maximum absolute atomic E-state index is 10.0. The molecule has 0 aromatic heterocycles. The fourth-order valence-electron chi connectivity index (χ4n) is 0.984. The van der Waals surface area contributed by atoms with Crippen LogP contribution in [0.2, 0.25) is 0 Å². The minimum Gasteiger partial charge on any atom is -0.790 e. The summed E-state index contributed by atoms with van der Waals surface area (Å²) in [5.41, 5.74) is 0. The van der Waals surface area contributed by atoms with E-state index in [1.165, 1.54) is 0 Å². The highest BCUT2D eigenvalue weighted by Crippen LogP contribution is 2.27. The molecular weight excluding hydrogens is 187 g/mol. The van der Waals surface area contributed by atoms with Crippen LogP contribution in [0.5, 0.6) is 0 Å². The molecule has 0 spiro atoms. The molecule has 1 fully saturated rings. The van der Waals surface area contributed by atoms with Crippen molar-refractivity contribution in [1.29, 1.82) is 0 Å². The summed E-state index contributed by atoms with van der Waals surface area (Å²) in [5, 5.41) is 8.83. The number of hydrogen-bond donors (Lipinski definition) is 1. The van der Waals surface area contributed by atoms with Crippen molar-refractivity contribution in [2.75, 3.05) is 6.61 Å². The van der Waals surface area contributed by atoms with Crippen LogP contribution in [0.4, 0.5) is 0 Å². The van der Waals surface area contributed by atoms with E-state index in [0.717, 1.165) is 0 Å². The highest BCUT2D eigenvalue weighted by Gasteiger charge is 2.23. The van der Waals surface area contributed by atoms with Crippen molar-refractivity contribution in [3.05, 3.63) is 0 Å². The Morgan fingerprint density at radius 2 is 2.25 bits per heavy atom. The molecule has 0 aromatic rings. The van der Waals surface area contributed by atoms with Crippen molar-refractivity contribution in [3.63, 3.8) is 0 Å². The molecule has 72 valence electrons. The summed E-state index contributed by atoms with van der Waals surface area (Å²) in [5.74, 6) is 0. The third-order valence-corrected chi connectivity index (χ3v) is 1.97. The van der Waals surface area contributed by atoms with E-state index in [2.05, 4.69) is 4.52 Å². The first-order valence-electron chi connectivity index (χ1n) is 3.47. The molecule has 0 amide bonds. The van der Waals surface area contributed by atoms with Crippen LogP contribution in [0.1, 0.15) is 12.8 Å². The SMILES string of the molecule is O=P([O-])([O-])OC[C@@H]1CC[C@@H](O)O1. The van der Waals surface area contributed by atoms with Gasteiger partial charge in [-0.25, -0.2) is 0 Å². The molecule has 0 saturated carbocycles. The van der Waals surface area contributed by atoms with Crippen LogP contribution in [-0.4, -0.2) is 24.1 Å². The zero-order chi connectivity index (χ0) is 9.19. The second-order valence-electron chi connectivity index (χ2n) is 2.53. The van der Waals surface area contributed by atoms with E-state index >= 15 is 0 Å². The van der Waals surface area contributed by atoms with Crippen molar-refractivity contribution < 1.29 is 28.7 Å². The summed E-state index contributed by atoms with van der Waals surface area (Å²) in [6, 6.07) is 0. The first kappa shape index (κ1) is 10.1. The van der Waals surface area contributed by atoms with Gasteiger partial charge in [0.1, 0.15) is 0 Å². The van der Waals surface area contributed by atoms with Gasteiger partial charge in [-0.2, -0.15) is 0 Å². The maximum Gasteiger partial charge on any atom is 0.155 e. The van der Waals surface area contributed by atoms with Gasteiger partial charge in [0.15, 0.2) is 6.29 Å². The van der Waals surface area contributed by atoms with E-state index in [0.29, 0.717) is 12.8 Å². The van der Waals surface area contributed by atoms with Crippen LogP contribution in [0, 0.1) is 0 Å². The number of aliphatic hydroxyl groups is 1. The number of phosphoric ester groups is 1. The molecule has 1 N–H and O–H groups in total. The third kappa shape index (κ3) is 3.62. The Morgan fingerprint density at radius 1 is 1.58 bits per heavy atom. The summed E-state index contributed by atoms with van der Waals surface area (Å²) in [4.78, 5) is 20.0. The van der Waals surface area contributed by atoms with Crippen LogP contribution in [0.15, 0.2) is 0 Å². The van der Waals surface area contributed by atoms with Gasteiger partial charge in [0.25, 0.3) is 0 Å².